The van der Waals surface area contributed by atoms with Crippen molar-refractivity contribution in [2.75, 3.05) is 10.6 Å². The maximum absolute atomic E-state index is 13.3. The Hall–Kier alpha value is -2.94. The first-order valence-corrected chi connectivity index (χ1v) is 5.62. The average molecular weight is 273 g/mol. The van der Waals surface area contributed by atoms with Crippen LogP contribution in [0, 0.1) is 23.0 Å². The van der Waals surface area contributed by atoms with Crippen LogP contribution < -0.4 is 10.6 Å². The van der Waals surface area contributed by atoms with Crippen molar-refractivity contribution >= 4 is 17.4 Å². The summed E-state index contributed by atoms with van der Waals surface area (Å²) in [5, 5.41) is 13.3. The molecule has 0 aromatic heterocycles. The van der Waals surface area contributed by atoms with Crippen molar-refractivity contribution < 1.29 is 13.6 Å². The lowest BCUT2D eigenvalue weighted by atomic mass is 10.2. The summed E-state index contributed by atoms with van der Waals surface area (Å²) in [5.41, 5.74) is 0.483. The van der Waals surface area contributed by atoms with Gasteiger partial charge in [0.1, 0.15) is 11.6 Å². The summed E-state index contributed by atoms with van der Waals surface area (Å²) in [6.45, 7) is 0. The highest BCUT2D eigenvalue weighted by Crippen LogP contribution is 2.16. The second-order valence-corrected chi connectivity index (χ2v) is 3.90. The van der Waals surface area contributed by atoms with Gasteiger partial charge in [0.25, 0.3) is 0 Å². The lowest BCUT2D eigenvalue weighted by Gasteiger charge is -2.08. The van der Waals surface area contributed by atoms with E-state index >= 15 is 0 Å². The normalized spacial score (nSPS) is 9.65. The zero-order valence-electron chi connectivity index (χ0n) is 10.2. The molecule has 2 aromatic rings. The summed E-state index contributed by atoms with van der Waals surface area (Å²) >= 11 is 0. The molecule has 0 spiro atoms. The third kappa shape index (κ3) is 3.29. The molecule has 2 amide bonds. The smallest absolute Gasteiger partial charge is 0.308 e. The molecule has 2 aromatic carbocycles. The van der Waals surface area contributed by atoms with Crippen LogP contribution >= 0.6 is 0 Å². The number of urea groups is 1. The SMILES string of the molecule is N#Cc1cccc(NC(=O)Nc2cc(F)ccc2F)c1. The number of carbonyl (C=O) groups is 1. The first-order chi connectivity index (χ1) is 9.58. The van der Waals surface area contributed by atoms with Gasteiger partial charge in [0, 0.05) is 11.8 Å². The highest BCUT2D eigenvalue weighted by atomic mass is 19.1. The van der Waals surface area contributed by atoms with Crippen molar-refractivity contribution in [1.29, 1.82) is 5.26 Å². The number of hydrogen-bond acceptors (Lipinski definition) is 2. The van der Waals surface area contributed by atoms with E-state index in [4.69, 9.17) is 5.26 Å². The summed E-state index contributed by atoms with van der Waals surface area (Å²) < 4.78 is 26.3. The van der Waals surface area contributed by atoms with E-state index in [0.29, 0.717) is 11.3 Å². The Bertz CT molecular complexity index is 695. The molecule has 0 saturated carbocycles. The first kappa shape index (κ1) is 13.5. The van der Waals surface area contributed by atoms with Gasteiger partial charge in [0.15, 0.2) is 0 Å². The molecule has 0 heterocycles. The van der Waals surface area contributed by atoms with Gasteiger partial charge >= 0.3 is 6.03 Å². The van der Waals surface area contributed by atoms with Crippen molar-refractivity contribution in [2.45, 2.75) is 0 Å². The van der Waals surface area contributed by atoms with Gasteiger partial charge in [-0.2, -0.15) is 5.26 Å². The molecule has 0 atom stereocenters. The number of nitrogens with one attached hydrogen (secondary N) is 2. The number of benzene rings is 2. The lowest BCUT2D eigenvalue weighted by Crippen LogP contribution is -2.20. The van der Waals surface area contributed by atoms with E-state index in [1.807, 2.05) is 6.07 Å². The third-order valence-electron chi connectivity index (χ3n) is 2.43. The van der Waals surface area contributed by atoms with E-state index in [2.05, 4.69) is 10.6 Å². The van der Waals surface area contributed by atoms with Crippen molar-refractivity contribution in [1.82, 2.24) is 0 Å². The van der Waals surface area contributed by atoms with Crippen LogP contribution in [-0.4, -0.2) is 6.03 Å². The summed E-state index contributed by atoms with van der Waals surface area (Å²) in [6.07, 6.45) is 0. The summed E-state index contributed by atoms with van der Waals surface area (Å²) in [7, 11) is 0. The van der Waals surface area contributed by atoms with Crippen molar-refractivity contribution in [3.8, 4) is 6.07 Å². The largest absolute Gasteiger partial charge is 0.323 e. The van der Waals surface area contributed by atoms with Crippen molar-refractivity contribution in [2.24, 2.45) is 0 Å². The van der Waals surface area contributed by atoms with Crippen LogP contribution in [0.4, 0.5) is 25.0 Å². The molecule has 4 nitrogen and oxygen atoms in total. The van der Waals surface area contributed by atoms with Gasteiger partial charge in [-0.15, -0.1) is 0 Å². The average Bonchev–Trinajstić information content (AvgIpc) is 2.43. The van der Waals surface area contributed by atoms with Crippen LogP contribution in [-0.2, 0) is 0 Å². The Kier molecular flexibility index (Phi) is 3.91. The molecule has 2 rings (SSSR count). The van der Waals surface area contributed by atoms with Crippen molar-refractivity contribution in [3.05, 3.63) is 59.7 Å². The zero-order valence-corrected chi connectivity index (χ0v) is 10.2. The number of carbonyl (C=O) groups excluding carboxylic acids is 1. The molecule has 100 valence electrons. The molecule has 20 heavy (non-hydrogen) atoms. The van der Waals surface area contributed by atoms with Crippen LogP contribution in [0.15, 0.2) is 42.5 Å². The number of nitriles is 1. The first-order valence-electron chi connectivity index (χ1n) is 5.62. The molecule has 2 N–H and O–H groups in total. The number of nitrogens with zero attached hydrogens (tertiary/aromatic N) is 1. The van der Waals surface area contributed by atoms with Gasteiger partial charge in [-0.25, -0.2) is 13.6 Å². The molecule has 0 radical (unpaired) electrons. The van der Waals surface area contributed by atoms with E-state index in [1.54, 1.807) is 18.2 Å². The number of amides is 2. The predicted molar refractivity (Wildman–Crippen MR) is 70.2 cm³/mol. The number of halogens is 2. The highest BCUT2D eigenvalue weighted by molar-refractivity contribution is 5.99. The minimum absolute atomic E-state index is 0.265. The third-order valence-corrected chi connectivity index (χ3v) is 2.43. The van der Waals surface area contributed by atoms with Gasteiger partial charge in [-0.1, -0.05) is 6.07 Å². The molecule has 0 aliphatic rings. The van der Waals surface area contributed by atoms with Crippen LogP contribution in [0.2, 0.25) is 0 Å². The minimum Gasteiger partial charge on any atom is -0.308 e. The fourth-order valence-electron chi connectivity index (χ4n) is 1.54. The fraction of sp³-hybridized carbons (Fsp3) is 0. The Morgan fingerprint density at radius 2 is 1.90 bits per heavy atom. The van der Waals surface area contributed by atoms with Crippen LogP contribution in [0.5, 0.6) is 0 Å². The van der Waals surface area contributed by atoms with E-state index < -0.39 is 17.7 Å². The van der Waals surface area contributed by atoms with Gasteiger partial charge in [0.05, 0.1) is 17.3 Å². The molecule has 0 fully saturated rings. The standard InChI is InChI=1S/C14H9F2N3O/c15-10-4-5-12(16)13(7-10)19-14(20)18-11-3-1-2-9(6-11)8-17/h1-7H,(H2,18,19,20). The molecule has 0 aliphatic heterocycles. The quantitative estimate of drug-likeness (QED) is 0.879. The molecule has 0 bridgehead atoms. The van der Waals surface area contributed by atoms with E-state index in [1.165, 1.54) is 6.07 Å². The molecular formula is C14H9F2N3O. The van der Waals surface area contributed by atoms with E-state index in [9.17, 15) is 13.6 Å². The molecular weight excluding hydrogens is 264 g/mol. The molecule has 6 heteroatoms. The Labute approximate surface area is 113 Å². The number of anilines is 2. The number of hydrogen-bond donors (Lipinski definition) is 2. The Morgan fingerprint density at radius 1 is 1.10 bits per heavy atom. The summed E-state index contributed by atoms with van der Waals surface area (Å²) in [6, 6.07) is 10.1. The maximum atomic E-state index is 13.3. The predicted octanol–water partition coefficient (Wildman–Crippen LogP) is 3.48. The monoisotopic (exact) mass is 273 g/mol. The van der Waals surface area contributed by atoms with Crippen LogP contribution in [0.1, 0.15) is 5.56 Å². The highest BCUT2D eigenvalue weighted by Gasteiger charge is 2.08. The fourth-order valence-corrected chi connectivity index (χ4v) is 1.54. The van der Waals surface area contributed by atoms with Gasteiger partial charge < -0.3 is 10.6 Å². The Balaban J connectivity index is 2.09. The lowest BCUT2D eigenvalue weighted by molar-refractivity contribution is 0.262. The molecule has 0 unspecified atom stereocenters. The second-order valence-electron chi connectivity index (χ2n) is 3.90. The van der Waals surface area contributed by atoms with Crippen LogP contribution in [0.25, 0.3) is 0 Å². The van der Waals surface area contributed by atoms with Crippen molar-refractivity contribution in [3.63, 3.8) is 0 Å². The second kappa shape index (κ2) is 5.80. The maximum Gasteiger partial charge on any atom is 0.323 e. The van der Waals surface area contributed by atoms with Gasteiger partial charge in [-0.05, 0) is 30.3 Å². The Morgan fingerprint density at radius 3 is 2.65 bits per heavy atom. The zero-order chi connectivity index (χ0) is 14.5. The van der Waals surface area contributed by atoms with Gasteiger partial charge in [0.2, 0.25) is 0 Å². The summed E-state index contributed by atoms with van der Waals surface area (Å²) in [5.74, 6) is -1.40. The molecule has 0 aliphatic carbocycles. The van der Waals surface area contributed by atoms with Gasteiger partial charge in [-0.3, -0.25) is 0 Å². The minimum atomic E-state index is -0.743. The topological polar surface area (TPSA) is 64.9 Å². The number of rotatable bonds is 2. The summed E-state index contributed by atoms with van der Waals surface area (Å²) in [4.78, 5) is 11.7. The van der Waals surface area contributed by atoms with E-state index in [-0.39, 0.29) is 5.69 Å². The van der Waals surface area contributed by atoms with E-state index in [0.717, 1.165) is 18.2 Å². The molecule has 0 saturated heterocycles. The van der Waals surface area contributed by atoms with Crippen LogP contribution in [0.3, 0.4) is 0 Å².